The maximum atomic E-state index is 4.63. The summed E-state index contributed by atoms with van der Waals surface area (Å²) < 4.78 is 2.79. The van der Waals surface area contributed by atoms with Crippen LogP contribution in [-0.4, -0.2) is 39.8 Å². The summed E-state index contributed by atoms with van der Waals surface area (Å²) in [6.07, 6.45) is 1.92. The van der Waals surface area contributed by atoms with Gasteiger partial charge in [0.25, 0.3) is 0 Å². The summed E-state index contributed by atoms with van der Waals surface area (Å²) in [5.41, 5.74) is 0.900. The fourth-order valence-corrected chi connectivity index (χ4v) is 2.75. The molecule has 0 amide bonds. The molecule has 18 heavy (non-hydrogen) atoms. The van der Waals surface area contributed by atoms with Crippen molar-refractivity contribution in [2.45, 2.75) is 19.4 Å². The van der Waals surface area contributed by atoms with Crippen LogP contribution in [0.25, 0.3) is 5.65 Å². The number of hydrogen-bond donors (Lipinski definition) is 1. The second-order valence-corrected chi connectivity index (χ2v) is 6.03. The second kappa shape index (κ2) is 4.20. The molecule has 0 radical (unpaired) electrons. The number of rotatable bonds is 1. The highest BCUT2D eigenvalue weighted by Gasteiger charge is 2.32. The Balaban J connectivity index is 2.06. The highest BCUT2D eigenvalue weighted by Crippen LogP contribution is 2.24. The molecule has 0 unspecified atom stereocenters. The van der Waals surface area contributed by atoms with Gasteiger partial charge in [0.2, 0.25) is 5.95 Å². The Morgan fingerprint density at radius 3 is 3.00 bits per heavy atom. The van der Waals surface area contributed by atoms with E-state index in [1.165, 1.54) is 0 Å². The molecule has 1 aliphatic heterocycles. The topological polar surface area (TPSA) is 45.5 Å². The zero-order chi connectivity index (χ0) is 12.8. The van der Waals surface area contributed by atoms with Gasteiger partial charge in [-0.05, 0) is 41.9 Å². The van der Waals surface area contributed by atoms with Crippen molar-refractivity contribution < 1.29 is 0 Å². The van der Waals surface area contributed by atoms with Gasteiger partial charge in [0.1, 0.15) is 0 Å². The summed E-state index contributed by atoms with van der Waals surface area (Å²) in [6, 6.07) is 3.94. The first-order chi connectivity index (χ1) is 8.58. The molecule has 1 aliphatic rings. The number of fused-ring (bicyclic) bond motifs is 1. The largest absolute Gasteiger partial charge is 0.332 e. The SMILES string of the molecule is CC1(C)CNCCN1c1nc2c(Br)cccn2n1. The van der Waals surface area contributed by atoms with Crippen LogP contribution < -0.4 is 10.2 Å². The summed E-state index contributed by atoms with van der Waals surface area (Å²) in [7, 11) is 0. The number of halogens is 1. The third kappa shape index (κ3) is 1.89. The number of piperazine rings is 1. The molecular weight excluding hydrogens is 294 g/mol. The van der Waals surface area contributed by atoms with Gasteiger partial charge in [-0.15, -0.1) is 5.10 Å². The third-order valence-corrected chi connectivity index (χ3v) is 3.96. The van der Waals surface area contributed by atoms with Crippen molar-refractivity contribution in [3.05, 3.63) is 22.8 Å². The van der Waals surface area contributed by atoms with Crippen molar-refractivity contribution in [1.29, 1.82) is 0 Å². The van der Waals surface area contributed by atoms with Crippen molar-refractivity contribution in [3.8, 4) is 0 Å². The Morgan fingerprint density at radius 2 is 2.28 bits per heavy atom. The fourth-order valence-electron chi connectivity index (χ4n) is 2.33. The first kappa shape index (κ1) is 11.9. The van der Waals surface area contributed by atoms with Crippen molar-refractivity contribution in [2.24, 2.45) is 0 Å². The summed E-state index contributed by atoms with van der Waals surface area (Å²) in [5.74, 6) is 0.799. The minimum atomic E-state index is 0.0374. The predicted octanol–water partition coefficient (Wildman–Crippen LogP) is 1.68. The zero-order valence-electron chi connectivity index (χ0n) is 10.5. The lowest BCUT2D eigenvalue weighted by Gasteiger charge is -2.42. The highest BCUT2D eigenvalue weighted by molar-refractivity contribution is 9.10. The summed E-state index contributed by atoms with van der Waals surface area (Å²) >= 11 is 3.51. The van der Waals surface area contributed by atoms with Crippen LogP contribution >= 0.6 is 15.9 Å². The van der Waals surface area contributed by atoms with E-state index in [9.17, 15) is 0 Å². The predicted molar refractivity (Wildman–Crippen MR) is 75.0 cm³/mol. The minimum absolute atomic E-state index is 0.0374. The average Bonchev–Trinajstić information content (AvgIpc) is 2.73. The molecule has 0 bridgehead atoms. The number of anilines is 1. The van der Waals surface area contributed by atoms with E-state index in [0.29, 0.717) is 0 Å². The lowest BCUT2D eigenvalue weighted by Crippen LogP contribution is -2.58. The van der Waals surface area contributed by atoms with Crippen LogP contribution in [-0.2, 0) is 0 Å². The first-order valence-electron chi connectivity index (χ1n) is 6.07. The Hall–Kier alpha value is -1.14. The van der Waals surface area contributed by atoms with Gasteiger partial charge in [0.15, 0.2) is 5.65 Å². The van der Waals surface area contributed by atoms with Crippen molar-refractivity contribution in [2.75, 3.05) is 24.5 Å². The van der Waals surface area contributed by atoms with Crippen LogP contribution in [0.15, 0.2) is 22.8 Å². The minimum Gasteiger partial charge on any atom is -0.332 e. The van der Waals surface area contributed by atoms with Crippen LogP contribution in [0.4, 0.5) is 5.95 Å². The van der Waals surface area contributed by atoms with Crippen molar-refractivity contribution >= 4 is 27.5 Å². The Bertz CT molecular complexity index is 577. The van der Waals surface area contributed by atoms with Gasteiger partial charge in [0, 0.05) is 31.4 Å². The molecule has 1 saturated heterocycles. The van der Waals surface area contributed by atoms with E-state index in [1.54, 1.807) is 0 Å². The maximum absolute atomic E-state index is 4.63. The van der Waals surface area contributed by atoms with Gasteiger partial charge < -0.3 is 10.2 Å². The fraction of sp³-hybridized carbons (Fsp3) is 0.500. The van der Waals surface area contributed by atoms with E-state index >= 15 is 0 Å². The molecule has 3 rings (SSSR count). The number of nitrogens with one attached hydrogen (secondary N) is 1. The molecule has 96 valence electrons. The van der Waals surface area contributed by atoms with Crippen molar-refractivity contribution in [3.63, 3.8) is 0 Å². The molecule has 2 aromatic heterocycles. The highest BCUT2D eigenvalue weighted by atomic mass is 79.9. The number of aromatic nitrogens is 3. The van der Waals surface area contributed by atoms with Crippen LogP contribution in [0, 0.1) is 0 Å². The molecule has 0 aromatic carbocycles. The molecule has 0 spiro atoms. The summed E-state index contributed by atoms with van der Waals surface area (Å²) in [4.78, 5) is 6.90. The lowest BCUT2D eigenvalue weighted by atomic mass is 10.0. The smallest absolute Gasteiger partial charge is 0.246 e. The molecular formula is C12H16BrN5. The van der Waals surface area contributed by atoms with Gasteiger partial charge in [-0.3, -0.25) is 0 Å². The van der Waals surface area contributed by atoms with Crippen molar-refractivity contribution in [1.82, 2.24) is 19.9 Å². The zero-order valence-corrected chi connectivity index (χ0v) is 12.1. The Kier molecular flexibility index (Phi) is 2.79. The van der Waals surface area contributed by atoms with Crippen LogP contribution in [0.5, 0.6) is 0 Å². The molecule has 0 atom stereocenters. The molecule has 2 aromatic rings. The summed E-state index contributed by atoms with van der Waals surface area (Å²) in [5, 5.41) is 7.97. The van der Waals surface area contributed by atoms with E-state index in [-0.39, 0.29) is 5.54 Å². The molecule has 1 fully saturated rings. The van der Waals surface area contributed by atoms with E-state index in [2.05, 4.69) is 50.1 Å². The van der Waals surface area contributed by atoms with Crippen LogP contribution in [0.1, 0.15) is 13.8 Å². The summed E-state index contributed by atoms with van der Waals surface area (Å²) in [6.45, 7) is 7.27. The Labute approximate surface area is 114 Å². The van der Waals surface area contributed by atoms with Gasteiger partial charge in [-0.25, -0.2) is 4.52 Å². The van der Waals surface area contributed by atoms with Gasteiger partial charge >= 0.3 is 0 Å². The number of pyridine rings is 1. The van der Waals surface area contributed by atoms with Gasteiger partial charge in [-0.2, -0.15) is 4.98 Å². The molecule has 0 saturated carbocycles. The lowest BCUT2D eigenvalue weighted by molar-refractivity contribution is 0.375. The van der Waals surface area contributed by atoms with E-state index in [4.69, 9.17) is 0 Å². The molecule has 1 N–H and O–H groups in total. The standard InChI is InChI=1S/C12H16BrN5/c1-12(2)8-14-5-7-17(12)11-15-10-9(13)4-3-6-18(10)16-11/h3-4,6,14H,5,7-8H2,1-2H3. The third-order valence-electron chi connectivity index (χ3n) is 3.35. The number of hydrogen-bond acceptors (Lipinski definition) is 4. The van der Waals surface area contributed by atoms with E-state index in [1.807, 2.05) is 22.8 Å². The molecule has 5 nitrogen and oxygen atoms in total. The first-order valence-corrected chi connectivity index (χ1v) is 6.86. The number of nitrogens with zero attached hydrogens (tertiary/aromatic N) is 4. The molecule has 6 heteroatoms. The van der Waals surface area contributed by atoms with Gasteiger partial charge in [-0.1, -0.05) is 0 Å². The Morgan fingerprint density at radius 1 is 1.44 bits per heavy atom. The maximum Gasteiger partial charge on any atom is 0.246 e. The second-order valence-electron chi connectivity index (χ2n) is 5.18. The van der Waals surface area contributed by atoms with Crippen LogP contribution in [0.3, 0.4) is 0 Å². The van der Waals surface area contributed by atoms with Gasteiger partial charge in [0.05, 0.1) is 4.47 Å². The monoisotopic (exact) mass is 309 g/mol. The van der Waals surface area contributed by atoms with E-state index in [0.717, 1.165) is 35.7 Å². The van der Waals surface area contributed by atoms with Crippen LogP contribution in [0.2, 0.25) is 0 Å². The van der Waals surface area contributed by atoms with E-state index < -0.39 is 0 Å². The molecule has 3 heterocycles. The quantitative estimate of drug-likeness (QED) is 0.870. The average molecular weight is 310 g/mol. The normalized spacial score (nSPS) is 19.4. The molecule has 0 aliphatic carbocycles.